The molecule has 1 amide bonds. The number of para-hydroxylation sites is 1. The number of amides is 1. The molecule has 0 fully saturated rings. The van der Waals surface area contributed by atoms with Crippen LogP contribution in [-0.2, 0) is 0 Å². The Morgan fingerprint density at radius 3 is 2.37 bits per heavy atom. The lowest BCUT2D eigenvalue weighted by atomic mass is 10.1. The SMILES string of the molecule is COc1ccc(NC(=O)c2nnn(-c3c(C)cccc3C)c2C)c(OC)c1. The van der Waals surface area contributed by atoms with Gasteiger partial charge in [-0.05, 0) is 44.0 Å². The summed E-state index contributed by atoms with van der Waals surface area (Å²) in [7, 11) is 3.11. The lowest BCUT2D eigenvalue weighted by Crippen LogP contribution is -2.15. The molecule has 140 valence electrons. The molecule has 1 N–H and O–H groups in total. The number of ether oxygens (including phenoxy) is 2. The minimum absolute atomic E-state index is 0.260. The van der Waals surface area contributed by atoms with E-state index in [0.717, 1.165) is 16.8 Å². The van der Waals surface area contributed by atoms with E-state index in [9.17, 15) is 4.79 Å². The van der Waals surface area contributed by atoms with Crippen LogP contribution in [0.3, 0.4) is 0 Å². The van der Waals surface area contributed by atoms with Crippen LogP contribution in [0.1, 0.15) is 27.3 Å². The number of aromatic nitrogens is 3. The van der Waals surface area contributed by atoms with Gasteiger partial charge in [0.1, 0.15) is 11.5 Å². The number of rotatable bonds is 5. The van der Waals surface area contributed by atoms with Crippen molar-refractivity contribution in [3.63, 3.8) is 0 Å². The van der Waals surface area contributed by atoms with Crippen LogP contribution < -0.4 is 14.8 Å². The Bertz CT molecular complexity index is 975. The zero-order valence-corrected chi connectivity index (χ0v) is 16.0. The van der Waals surface area contributed by atoms with Crippen LogP contribution in [0.25, 0.3) is 5.69 Å². The van der Waals surface area contributed by atoms with Gasteiger partial charge >= 0.3 is 0 Å². The van der Waals surface area contributed by atoms with Crippen molar-refractivity contribution in [2.75, 3.05) is 19.5 Å². The number of aryl methyl sites for hydroxylation is 2. The minimum Gasteiger partial charge on any atom is -0.497 e. The van der Waals surface area contributed by atoms with Crippen LogP contribution in [0.5, 0.6) is 11.5 Å². The molecule has 1 heterocycles. The van der Waals surface area contributed by atoms with Crippen molar-refractivity contribution in [3.8, 4) is 17.2 Å². The molecule has 7 nitrogen and oxygen atoms in total. The molecular weight excluding hydrogens is 344 g/mol. The van der Waals surface area contributed by atoms with Crippen molar-refractivity contribution in [2.24, 2.45) is 0 Å². The van der Waals surface area contributed by atoms with E-state index in [2.05, 4.69) is 15.6 Å². The standard InChI is InChI=1S/C20H22N4O3/c1-12-7-6-8-13(2)19(12)24-14(3)18(22-23-24)20(25)21-16-10-9-15(26-4)11-17(16)27-5/h6-11H,1-5H3,(H,21,25). The average Bonchev–Trinajstić information content (AvgIpc) is 3.03. The van der Waals surface area contributed by atoms with Gasteiger partial charge in [0, 0.05) is 6.07 Å². The molecule has 0 aliphatic heterocycles. The van der Waals surface area contributed by atoms with Gasteiger partial charge in [0.25, 0.3) is 5.91 Å². The maximum Gasteiger partial charge on any atom is 0.278 e. The van der Waals surface area contributed by atoms with Crippen molar-refractivity contribution in [2.45, 2.75) is 20.8 Å². The summed E-state index contributed by atoms with van der Waals surface area (Å²) in [6, 6.07) is 11.2. The number of nitrogens with zero attached hydrogens (tertiary/aromatic N) is 3. The summed E-state index contributed by atoms with van der Waals surface area (Å²) < 4.78 is 12.2. The maximum absolute atomic E-state index is 12.8. The second kappa shape index (κ2) is 7.49. The van der Waals surface area contributed by atoms with E-state index >= 15 is 0 Å². The van der Waals surface area contributed by atoms with Crippen LogP contribution in [-0.4, -0.2) is 35.1 Å². The van der Waals surface area contributed by atoms with E-state index in [1.54, 1.807) is 30.0 Å². The second-order valence-corrected chi connectivity index (χ2v) is 6.20. The molecule has 0 unspecified atom stereocenters. The van der Waals surface area contributed by atoms with Gasteiger partial charge in [0.2, 0.25) is 0 Å². The van der Waals surface area contributed by atoms with Crippen molar-refractivity contribution < 1.29 is 14.3 Å². The fraction of sp³-hybridized carbons (Fsp3) is 0.250. The van der Waals surface area contributed by atoms with Gasteiger partial charge in [-0.3, -0.25) is 4.79 Å². The fourth-order valence-corrected chi connectivity index (χ4v) is 2.97. The lowest BCUT2D eigenvalue weighted by Gasteiger charge is -2.12. The molecule has 0 atom stereocenters. The molecule has 0 aliphatic rings. The van der Waals surface area contributed by atoms with Crippen molar-refractivity contribution in [3.05, 3.63) is 58.9 Å². The third kappa shape index (κ3) is 3.48. The third-order valence-corrected chi connectivity index (χ3v) is 4.42. The van der Waals surface area contributed by atoms with Gasteiger partial charge in [-0.25, -0.2) is 4.68 Å². The van der Waals surface area contributed by atoms with Gasteiger partial charge in [-0.15, -0.1) is 5.10 Å². The van der Waals surface area contributed by atoms with E-state index in [4.69, 9.17) is 9.47 Å². The van der Waals surface area contributed by atoms with Gasteiger partial charge in [-0.2, -0.15) is 0 Å². The van der Waals surface area contributed by atoms with Crippen LogP contribution in [0.2, 0.25) is 0 Å². The number of benzene rings is 2. The monoisotopic (exact) mass is 366 g/mol. The maximum atomic E-state index is 12.8. The highest BCUT2D eigenvalue weighted by Crippen LogP contribution is 2.29. The Hall–Kier alpha value is -3.35. The first-order valence-corrected chi connectivity index (χ1v) is 8.48. The Kier molecular flexibility index (Phi) is 5.12. The number of methoxy groups -OCH3 is 2. The molecule has 7 heteroatoms. The molecule has 0 aliphatic carbocycles. The first-order valence-electron chi connectivity index (χ1n) is 8.48. The second-order valence-electron chi connectivity index (χ2n) is 6.20. The topological polar surface area (TPSA) is 78.3 Å². The van der Waals surface area contributed by atoms with Crippen LogP contribution in [0.15, 0.2) is 36.4 Å². The quantitative estimate of drug-likeness (QED) is 0.748. The number of carbonyl (C=O) groups excluding carboxylic acids is 1. The van der Waals surface area contributed by atoms with E-state index in [1.807, 2.05) is 39.0 Å². The molecule has 0 bridgehead atoms. The highest BCUT2D eigenvalue weighted by molar-refractivity contribution is 6.04. The largest absolute Gasteiger partial charge is 0.497 e. The van der Waals surface area contributed by atoms with Crippen LogP contribution in [0.4, 0.5) is 5.69 Å². The number of hydrogen-bond donors (Lipinski definition) is 1. The summed E-state index contributed by atoms with van der Waals surface area (Å²) in [5.74, 6) is 0.790. The Morgan fingerprint density at radius 2 is 1.74 bits per heavy atom. The molecule has 2 aromatic carbocycles. The summed E-state index contributed by atoms with van der Waals surface area (Å²) in [4.78, 5) is 12.8. The summed E-state index contributed by atoms with van der Waals surface area (Å²) in [5, 5.41) is 11.1. The molecular formula is C20H22N4O3. The number of carbonyl (C=O) groups is 1. The van der Waals surface area contributed by atoms with E-state index < -0.39 is 0 Å². The normalized spacial score (nSPS) is 10.6. The fourth-order valence-electron chi connectivity index (χ4n) is 2.97. The van der Waals surface area contributed by atoms with Gasteiger partial charge < -0.3 is 14.8 Å². The smallest absolute Gasteiger partial charge is 0.278 e. The Labute approximate surface area is 157 Å². The predicted octanol–water partition coefficient (Wildman–Crippen LogP) is 3.46. The van der Waals surface area contributed by atoms with E-state index in [1.165, 1.54) is 7.11 Å². The average molecular weight is 366 g/mol. The van der Waals surface area contributed by atoms with Gasteiger partial charge in [-0.1, -0.05) is 23.4 Å². The molecule has 3 rings (SSSR count). The van der Waals surface area contributed by atoms with E-state index in [0.29, 0.717) is 22.9 Å². The molecule has 27 heavy (non-hydrogen) atoms. The molecule has 0 spiro atoms. The predicted molar refractivity (Wildman–Crippen MR) is 103 cm³/mol. The van der Waals surface area contributed by atoms with Crippen LogP contribution >= 0.6 is 0 Å². The zero-order chi connectivity index (χ0) is 19.6. The van der Waals surface area contributed by atoms with Crippen molar-refractivity contribution >= 4 is 11.6 Å². The minimum atomic E-state index is -0.353. The zero-order valence-electron chi connectivity index (χ0n) is 16.0. The van der Waals surface area contributed by atoms with E-state index in [-0.39, 0.29) is 11.6 Å². The van der Waals surface area contributed by atoms with Crippen LogP contribution in [0, 0.1) is 20.8 Å². The van der Waals surface area contributed by atoms with Gasteiger partial charge in [0.15, 0.2) is 5.69 Å². The molecule has 0 saturated carbocycles. The molecule has 0 saturated heterocycles. The number of hydrogen-bond acceptors (Lipinski definition) is 5. The third-order valence-electron chi connectivity index (χ3n) is 4.42. The molecule has 1 aromatic heterocycles. The number of anilines is 1. The summed E-state index contributed by atoms with van der Waals surface area (Å²) >= 11 is 0. The van der Waals surface area contributed by atoms with Crippen molar-refractivity contribution in [1.82, 2.24) is 15.0 Å². The summed E-state index contributed by atoms with van der Waals surface area (Å²) in [6.45, 7) is 5.84. The first-order chi connectivity index (χ1) is 13.0. The van der Waals surface area contributed by atoms with Gasteiger partial charge in [0.05, 0.1) is 31.3 Å². The Morgan fingerprint density at radius 1 is 1.04 bits per heavy atom. The lowest BCUT2D eigenvalue weighted by molar-refractivity contribution is 0.102. The summed E-state index contributed by atoms with van der Waals surface area (Å²) in [6.07, 6.45) is 0. The highest BCUT2D eigenvalue weighted by Gasteiger charge is 2.20. The molecule has 0 radical (unpaired) electrons. The van der Waals surface area contributed by atoms with Crippen molar-refractivity contribution in [1.29, 1.82) is 0 Å². The number of nitrogens with one attached hydrogen (secondary N) is 1. The highest BCUT2D eigenvalue weighted by atomic mass is 16.5. The Balaban J connectivity index is 1.93. The first kappa shape index (κ1) is 18.4. The molecule has 3 aromatic rings. The summed E-state index contributed by atoms with van der Waals surface area (Å²) in [5.41, 5.74) is 4.51.